The molecule has 2 unspecified atom stereocenters. The largest absolute Gasteiger partial charge is 0.338 e. The van der Waals surface area contributed by atoms with Gasteiger partial charge in [-0.1, -0.05) is 40.9 Å². The van der Waals surface area contributed by atoms with E-state index in [0.29, 0.717) is 10.9 Å². The second-order valence-corrected chi connectivity index (χ2v) is 7.48. The number of amides is 1. The second-order valence-electron chi connectivity index (χ2n) is 5.22. The molecule has 4 heteroatoms. The molecular formula is C15H19BrINO. The van der Waals surface area contributed by atoms with Gasteiger partial charge in [-0.3, -0.25) is 4.79 Å². The molecule has 0 bridgehead atoms. The van der Waals surface area contributed by atoms with Crippen molar-refractivity contribution < 1.29 is 4.79 Å². The molecule has 0 spiro atoms. The molecule has 1 amide bonds. The summed E-state index contributed by atoms with van der Waals surface area (Å²) in [6.07, 6.45) is 4.74. The van der Waals surface area contributed by atoms with Gasteiger partial charge in [-0.15, -0.1) is 0 Å². The Balaban J connectivity index is 2.21. The van der Waals surface area contributed by atoms with Crippen molar-refractivity contribution in [3.8, 4) is 0 Å². The lowest BCUT2D eigenvalue weighted by atomic mass is 9.94. The van der Waals surface area contributed by atoms with Gasteiger partial charge >= 0.3 is 0 Å². The SMILES string of the molecule is Cc1cccc(C(=O)N(C)C2CCCCC2Br)c1I. The van der Waals surface area contributed by atoms with Gasteiger partial charge in [-0.25, -0.2) is 0 Å². The standard InChI is InChI=1S/C15H19BrINO/c1-10-6-5-7-11(14(10)17)15(19)18(2)13-9-4-3-8-12(13)16/h5-7,12-13H,3-4,8-9H2,1-2H3. The summed E-state index contributed by atoms with van der Waals surface area (Å²) in [7, 11) is 1.94. The minimum Gasteiger partial charge on any atom is -0.338 e. The van der Waals surface area contributed by atoms with Crippen LogP contribution in [0.25, 0.3) is 0 Å². The molecule has 1 aliphatic carbocycles. The monoisotopic (exact) mass is 435 g/mol. The van der Waals surface area contributed by atoms with Crippen LogP contribution in [0.5, 0.6) is 0 Å². The van der Waals surface area contributed by atoms with Crippen molar-refractivity contribution in [2.24, 2.45) is 0 Å². The van der Waals surface area contributed by atoms with Crippen molar-refractivity contribution in [3.05, 3.63) is 32.9 Å². The Kier molecular flexibility index (Phi) is 5.29. The van der Waals surface area contributed by atoms with Crippen LogP contribution in [0, 0.1) is 10.5 Å². The number of carbonyl (C=O) groups is 1. The van der Waals surface area contributed by atoms with Crippen molar-refractivity contribution in [1.82, 2.24) is 4.90 Å². The number of halogens is 2. The van der Waals surface area contributed by atoms with Crippen LogP contribution in [0.4, 0.5) is 0 Å². The lowest BCUT2D eigenvalue weighted by Gasteiger charge is -2.35. The maximum atomic E-state index is 12.7. The average molecular weight is 436 g/mol. The first-order valence-corrected chi connectivity index (χ1v) is 8.68. The third-order valence-electron chi connectivity index (χ3n) is 3.89. The van der Waals surface area contributed by atoms with E-state index in [2.05, 4.69) is 38.5 Å². The predicted molar refractivity (Wildman–Crippen MR) is 91.0 cm³/mol. The van der Waals surface area contributed by atoms with Crippen molar-refractivity contribution in [2.75, 3.05) is 7.05 Å². The molecule has 2 rings (SSSR count). The van der Waals surface area contributed by atoms with Crippen LogP contribution in [-0.4, -0.2) is 28.7 Å². The van der Waals surface area contributed by atoms with E-state index in [0.717, 1.165) is 22.0 Å². The van der Waals surface area contributed by atoms with Crippen molar-refractivity contribution >= 4 is 44.4 Å². The molecule has 2 atom stereocenters. The molecule has 0 N–H and O–H groups in total. The van der Waals surface area contributed by atoms with Gasteiger partial charge in [-0.05, 0) is 54.0 Å². The van der Waals surface area contributed by atoms with E-state index in [4.69, 9.17) is 0 Å². The molecule has 104 valence electrons. The highest BCUT2D eigenvalue weighted by atomic mass is 127. The van der Waals surface area contributed by atoms with E-state index in [-0.39, 0.29) is 5.91 Å². The van der Waals surface area contributed by atoms with Crippen LogP contribution in [0.2, 0.25) is 0 Å². The van der Waals surface area contributed by atoms with Crippen LogP contribution in [0.3, 0.4) is 0 Å². The molecule has 0 aliphatic heterocycles. The summed E-state index contributed by atoms with van der Waals surface area (Å²) in [6, 6.07) is 6.26. The molecule has 1 aromatic rings. The summed E-state index contributed by atoms with van der Waals surface area (Å²) < 4.78 is 1.07. The van der Waals surface area contributed by atoms with Gasteiger partial charge in [0.2, 0.25) is 0 Å². The zero-order valence-corrected chi connectivity index (χ0v) is 15.1. The molecule has 0 saturated heterocycles. The van der Waals surface area contributed by atoms with E-state index < -0.39 is 0 Å². The van der Waals surface area contributed by atoms with Gasteiger partial charge in [0.05, 0.1) is 5.56 Å². The third kappa shape index (κ3) is 3.32. The van der Waals surface area contributed by atoms with Crippen LogP contribution in [0.15, 0.2) is 18.2 Å². The molecule has 0 heterocycles. The molecule has 1 fully saturated rings. The summed E-state index contributed by atoms with van der Waals surface area (Å²) in [5.74, 6) is 0.143. The topological polar surface area (TPSA) is 20.3 Å². The maximum absolute atomic E-state index is 12.7. The first kappa shape index (κ1) is 15.3. The van der Waals surface area contributed by atoms with Crippen LogP contribution >= 0.6 is 38.5 Å². The Labute approximate surface area is 137 Å². The zero-order valence-electron chi connectivity index (χ0n) is 11.3. The van der Waals surface area contributed by atoms with Crippen molar-refractivity contribution in [2.45, 2.75) is 43.5 Å². The highest BCUT2D eigenvalue weighted by Gasteiger charge is 2.30. The lowest BCUT2D eigenvalue weighted by Crippen LogP contribution is -2.44. The number of hydrogen-bond donors (Lipinski definition) is 0. The number of aryl methyl sites for hydroxylation is 1. The summed E-state index contributed by atoms with van der Waals surface area (Å²) in [5, 5.41) is 0. The summed E-state index contributed by atoms with van der Waals surface area (Å²) in [5.41, 5.74) is 1.99. The van der Waals surface area contributed by atoms with Gasteiger partial charge in [0.25, 0.3) is 5.91 Å². The minimum atomic E-state index is 0.143. The second kappa shape index (κ2) is 6.57. The Hall–Kier alpha value is -0.100. The highest BCUT2D eigenvalue weighted by Crippen LogP contribution is 2.29. The third-order valence-corrected chi connectivity index (χ3v) is 6.39. The highest BCUT2D eigenvalue weighted by molar-refractivity contribution is 14.1. The van der Waals surface area contributed by atoms with Crippen molar-refractivity contribution in [1.29, 1.82) is 0 Å². The molecule has 1 aromatic carbocycles. The number of carbonyl (C=O) groups excluding carboxylic acids is 1. The zero-order chi connectivity index (χ0) is 14.0. The van der Waals surface area contributed by atoms with E-state index in [1.807, 2.05) is 37.1 Å². The van der Waals surface area contributed by atoms with Crippen LogP contribution in [0.1, 0.15) is 41.6 Å². The molecule has 19 heavy (non-hydrogen) atoms. The maximum Gasteiger partial charge on any atom is 0.254 e. The smallest absolute Gasteiger partial charge is 0.254 e. The fourth-order valence-electron chi connectivity index (χ4n) is 2.66. The van der Waals surface area contributed by atoms with Crippen molar-refractivity contribution in [3.63, 3.8) is 0 Å². The molecule has 0 radical (unpaired) electrons. The molecule has 1 saturated carbocycles. The first-order valence-electron chi connectivity index (χ1n) is 6.68. The minimum absolute atomic E-state index is 0.143. The number of benzene rings is 1. The van der Waals surface area contributed by atoms with Gasteiger partial charge in [-0.2, -0.15) is 0 Å². The first-order chi connectivity index (χ1) is 9.02. The average Bonchev–Trinajstić information content (AvgIpc) is 2.41. The Bertz CT molecular complexity index is 477. The van der Waals surface area contributed by atoms with Gasteiger partial charge < -0.3 is 4.90 Å². The number of nitrogens with zero attached hydrogens (tertiary/aromatic N) is 1. The van der Waals surface area contributed by atoms with E-state index >= 15 is 0 Å². The normalized spacial score (nSPS) is 23.2. The molecular weight excluding hydrogens is 417 g/mol. The lowest BCUT2D eigenvalue weighted by molar-refractivity contribution is 0.0703. The predicted octanol–water partition coefficient (Wildman–Crippen LogP) is 4.38. The van der Waals surface area contributed by atoms with E-state index in [1.165, 1.54) is 18.4 Å². The van der Waals surface area contributed by atoms with Gasteiger partial charge in [0, 0.05) is 21.5 Å². The van der Waals surface area contributed by atoms with Gasteiger partial charge in [0.1, 0.15) is 0 Å². The quantitative estimate of drug-likeness (QED) is 0.498. The van der Waals surface area contributed by atoms with E-state index in [9.17, 15) is 4.79 Å². The number of alkyl halides is 1. The van der Waals surface area contributed by atoms with E-state index in [1.54, 1.807) is 0 Å². The molecule has 2 nitrogen and oxygen atoms in total. The van der Waals surface area contributed by atoms with Gasteiger partial charge in [0.15, 0.2) is 0 Å². The Morgan fingerprint density at radius 1 is 1.37 bits per heavy atom. The summed E-state index contributed by atoms with van der Waals surface area (Å²) in [6.45, 7) is 2.05. The summed E-state index contributed by atoms with van der Waals surface area (Å²) in [4.78, 5) is 15.0. The molecule has 1 aliphatic rings. The Morgan fingerprint density at radius 2 is 2.05 bits per heavy atom. The number of hydrogen-bond acceptors (Lipinski definition) is 1. The Morgan fingerprint density at radius 3 is 2.74 bits per heavy atom. The summed E-state index contributed by atoms with van der Waals surface area (Å²) >= 11 is 6.00. The number of rotatable bonds is 2. The molecule has 0 aromatic heterocycles. The van der Waals surface area contributed by atoms with Crippen LogP contribution < -0.4 is 0 Å². The fourth-order valence-corrected chi connectivity index (χ4v) is 4.19. The fraction of sp³-hybridized carbons (Fsp3) is 0.533. The van der Waals surface area contributed by atoms with Crippen LogP contribution in [-0.2, 0) is 0 Å².